The van der Waals surface area contributed by atoms with Gasteiger partial charge in [0.2, 0.25) is 0 Å². The first-order valence-electron chi connectivity index (χ1n) is 6.98. The molecule has 1 saturated heterocycles. The quantitative estimate of drug-likeness (QED) is 0.858. The van der Waals surface area contributed by atoms with E-state index in [1.165, 1.54) is 0 Å². The number of nitrogens with zero attached hydrogens (tertiary/aromatic N) is 1. The van der Waals surface area contributed by atoms with E-state index < -0.39 is 30.3 Å². The Kier molecular flexibility index (Phi) is 4.42. The lowest BCUT2D eigenvalue weighted by molar-refractivity contribution is -0.137. The fourth-order valence-electron chi connectivity index (χ4n) is 2.85. The number of nitrogens with two attached hydrogens (primary N) is 1. The average molecular weight is 280 g/mol. The van der Waals surface area contributed by atoms with Crippen LogP contribution in [0.2, 0.25) is 0 Å². The van der Waals surface area contributed by atoms with Gasteiger partial charge in [0, 0.05) is 25.6 Å². The molecule has 6 heteroatoms. The van der Waals surface area contributed by atoms with E-state index >= 15 is 0 Å². The van der Waals surface area contributed by atoms with Gasteiger partial charge in [-0.2, -0.15) is 0 Å². The Hall–Kier alpha value is -0.330. The van der Waals surface area contributed by atoms with Crippen LogP contribution in [0.25, 0.3) is 0 Å². The first kappa shape index (κ1) is 15.1. The molecule has 1 aliphatic carbocycles. The minimum absolute atomic E-state index is 0.199. The molecule has 0 aromatic rings. The second-order valence-corrected chi connectivity index (χ2v) is 5.96. The van der Waals surface area contributed by atoms with Gasteiger partial charge in [0.05, 0.1) is 12.1 Å². The molecule has 0 spiro atoms. The summed E-state index contributed by atoms with van der Waals surface area (Å²) in [6.07, 6.45) is -1.82. The number of ether oxygens (including phenoxy) is 1. The van der Waals surface area contributed by atoms with Gasteiger partial charge in [-0.05, 0) is 26.7 Å². The second-order valence-electron chi connectivity index (χ2n) is 5.96. The number of rotatable bonds is 3. The van der Waals surface area contributed by atoms with Crippen molar-refractivity contribution >= 4 is 0 Å². The third-order valence-electron chi connectivity index (χ3n) is 4.19. The van der Waals surface area contributed by atoms with Gasteiger partial charge in [-0.15, -0.1) is 0 Å². The summed E-state index contributed by atoms with van der Waals surface area (Å²) >= 11 is 0. The fourth-order valence-corrected chi connectivity index (χ4v) is 2.85. The van der Waals surface area contributed by atoms with Crippen LogP contribution in [-0.2, 0) is 4.74 Å². The Balaban J connectivity index is 1.94. The smallest absolute Gasteiger partial charge is 0.265 e. The lowest BCUT2D eigenvalue weighted by Gasteiger charge is -2.36. The molecule has 0 amide bonds. The summed E-state index contributed by atoms with van der Waals surface area (Å²) in [6.45, 7) is 4.72. The summed E-state index contributed by atoms with van der Waals surface area (Å²) in [5, 5.41) is 0. The van der Waals surface area contributed by atoms with Crippen molar-refractivity contribution in [1.29, 1.82) is 0 Å². The van der Waals surface area contributed by atoms with Crippen molar-refractivity contribution in [3.05, 3.63) is 0 Å². The summed E-state index contributed by atoms with van der Waals surface area (Å²) in [4.78, 5) is 1.96. The molecule has 4 atom stereocenters. The van der Waals surface area contributed by atoms with Gasteiger partial charge in [-0.1, -0.05) is 0 Å². The fraction of sp³-hybridized carbons (Fsp3) is 1.00. The molecule has 0 aromatic heterocycles. The molecule has 0 bridgehead atoms. The van der Waals surface area contributed by atoms with Crippen molar-refractivity contribution in [3.63, 3.8) is 0 Å². The van der Waals surface area contributed by atoms with Crippen molar-refractivity contribution in [3.8, 4) is 0 Å². The van der Waals surface area contributed by atoms with Crippen molar-refractivity contribution in [1.82, 2.24) is 4.90 Å². The average Bonchev–Trinajstić information content (AvgIpc) is 2.67. The highest BCUT2D eigenvalue weighted by Crippen LogP contribution is 2.35. The van der Waals surface area contributed by atoms with Gasteiger partial charge in [0.1, 0.15) is 12.3 Å². The van der Waals surface area contributed by atoms with E-state index in [1.807, 2.05) is 18.7 Å². The van der Waals surface area contributed by atoms with Crippen molar-refractivity contribution in [2.75, 3.05) is 13.1 Å². The van der Waals surface area contributed by atoms with Crippen LogP contribution in [0.15, 0.2) is 0 Å². The van der Waals surface area contributed by atoms with E-state index in [-0.39, 0.29) is 12.5 Å². The van der Waals surface area contributed by atoms with Crippen LogP contribution in [-0.4, -0.2) is 54.4 Å². The van der Waals surface area contributed by atoms with Crippen LogP contribution >= 0.6 is 0 Å². The molecule has 2 aliphatic rings. The van der Waals surface area contributed by atoms with Crippen molar-refractivity contribution in [2.24, 2.45) is 5.73 Å². The van der Waals surface area contributed by atoms with Crippen LogP contribution < -0.4 is 5.73 Å². The third kappa shape index (κ3) is 3.23. The molecule has 2 fully saturated rings. The highest BCUT2D eigenvalue weighted by molar-refractivity contribution is 4.94. The summed E-state index contributed by atoms with van der Waals surface area (Å²) in [7, 11) is 0. The number of likely N-dealkylation sites (tertiary alicyclic amines) is 1. The standard InChI is InChI=1S/C13H23F3N2O/c1-8(2)18-6-9(14)11(7-18)19-10-4-3-5-13(15,16)12(10)17/h8-12H,3-7,17H2,1-2H3/t9-,10-,11-,12+/m0/s1. The third-order valence-corrected chi connectivity index (χ3v) is 4.19. The predicted octanol–water partition coefficient (Wildman–Crippen LogP) is 1.95. The SMILES string of the molecule is CC(C)N1C[C@H](O[C@H]2CCCC(F)(F)[C@@H]2N)[C@@H](F)C1. The van der Waals surface area contributed by atoms with Gasteiger partial charge in [0.15, 0.2) is 0 Å². The molecule has 2 N–H and O–H groups in total. The molecule has 0 aromatic carbocycles. The Morgan fingerprint density at radius 1 is 1.26 bits per heavy atom. The molecule has 0 unspecified atom stereocenters. The van der Waals surface area contributed by atoms with E-state index in [0.717, 1.165) is 0 Å². The zero-order chi connectivity index (χ0) is 14.2. The van der Waals surface area contributed by atoms with Crippen LogP contribution in [0.1, 0.15) is 33.1 Å². The first-order valence-corrected chi connectivity index (χ1v) is 6.98. The van der Waals surface area contributed by atoms with Crippen LogP contribution in [0.3, 0.4) is 0 Å². The number of hydrogen-bond donors (Lipinski definition) is 1. The first-order chi connectivity index (χ1) is 8.81. The van der Waals surface area contributed by atoms with E-state index in [0.29, 0.717) is 25.9 Å². The summed E-state index contributed by atoms with van der Waals surface area (Å²) in [5.74, 6) is -2.90. The Bertz CT molecular complexity index is 314. The molecule has 19 heavy (non-hydrogen) atoms. The van der Waals surface area contributed by atoms with Crippen LogP contribution in [0.5, 0.6) is 0 Å². The predicted molar refractivity (Wildman–Crippen MR) is 67.0 cm³/mol. The number of alkyl halides is 3. The largest absolute Gasteiger partial charge is 0.369 e. The van der Waals surface area contributed by atoms with E-state index in [9.17, 15) is 13.2 Å². The van der Waals surface area contributed by atoms with Gasteiger partial charge in [0.25, 0.3) is 5.92 Å². The Morgan fingerprint density at radius 3 is 2.53 bits per heavy atom. The molecule has 3 nitrogen and oxygen atoms in total. The highest BCUT2D eigenvalue weighted by Gasteiger charge is 2.47. The van der Waals surface area contributed by atoms with Crippen LogP contribution in [0, 0.1) is 0 Å². The zero-order valence-electron chi connectivity index (χ0n) is 11.5. The molecule has 1 heterocycles. The van der Waals surface area contributed by atoms with Gasteiger partial charge < -0.3 is 10.5 Å². The summed E-state index contributed by atoms with van der Waals surface area (Å²) in [6, 6.07) is -1.09. The van der Waals surface area contributed by atoms with E-state index in [2.05, 4.69) is 0 Å². The molecule has 1 aliphatic heterocycles. The summed E-state index contributed by atoms with van der Waals surface area (Å²) < 4.78 is 46.5. The van der Waals surface area contributed by atoms with Gasteiger partial charge in [-0.25, -0.2) is 13.2 Å². The minimum atomic E-state index is -2.90. The van der Waals surface area contributed by atoms with Crippen molar-refractivity contribution in [2.45, 2.75) is 69.5 Å². The van der Waals surface area contributed by atoms with Gasteiger partial charge in [-0.3, -0.25) is 4.90 Å². The normalized spacial score (nSPS) is 39.9. The van der Waals surface area contributed by atoms with Gasteiger partial charge >= 0.3 is 0 Å². The lowest BCUT2D eigenvalue weighted by atomic mass is 9.89. The summed E-state index contributed by atoms with van der Waals surface area (Å²) in [5.41, 5.74) is 5.56. The van der Waals surface area contributed by atoms with E-state index in [4.69, 9.17) is 10.5 Å². The second kappa shape index (κ2) is 5.58. The molecule has 112 valence electrons. The monoisotopic (exact) mass is 280 g/mol. The Labute approximate surface area is 112 Å². The molecular weight excluding hydrogens is 257 g/mol. The lowest BCUT2D eigenvalue weighted by Crippen LogP contribution is -2.54. The van der Waals surface area contributed by atoms with Crippen molar-refractivity contribution < 1.29 is 17.9 Å². The van der Waals surface area contributed by atoms with E-state index in [1.54, 1.807) is 0 Å². The molecule has 1 saturated carbocycles. The maximum Gasteiger partial charge on any atom is 0.265 e. The maximum absolute atomic E-state index is 13.9. The number of hydrogen-bond acceptors (Lipinski definition) is 3. The zero-order valence-corrected chi connectivity index (χ0v) is 11.5. The highest BCUT2D eigenvalue weighted by atomic mass is 19.3. The number of halogens is 3. The Morgan fingerprint density at radius 2 is 1.95 bits per heavy atom. The maximum atomic E-state index is 13.9. The molecular formula is C13H23F3N2O. The molecule has 0 radical (unpaired) electrons. The molecule has 2 rings (SSSR count). The van der Waals surface area contributed by atoms with Crippen LogP contribution in [0.4, 0.5) is 13.2 Å². The minimum Gasteiger partial charge on any atom is -0.369 e. The topological polar surface area (TPSA) is 38.5 Å².